The molecular weight excluding hydrogens is 178 g/mol. The summed E-state index contributed by atoms with van der Waals surface area (Å²) in [7, 11) is 0. The maximum Gasteiger partial charge on any atom is 0.303 e. The van der Waals surface area contributed by atoms with E-state index in [1.165, 1.54) is 6.42 Å². The number of carboxylic acids is 1. The lowest BCUT2D eigenvalue weighted by Crippen LogP contribution is -2.39. The molecule has 1 fully saturated rings. The summed E-state index contributed by atoms with van der Waals surface area (Å²) in [6, 6.07) is 0. The molecule has 0 amide bonds. The second kappa shape index (κ2) is 5.35. The van der Waals surface area contributed by atoms with Crippen LogP contribution in [0.3, 0.4) is 0 Å². The minimum absolute atomic E-state index is 0.305. The molecular formula is C11H21NO2. The predicted octanol–water partition coefficient (Wildman–Crippen LogP) is 1.83. The highest BCUT2D eigenvalue weighted by Crippen LogP contribution is 2.20. The number of carbonyl (C=O) groups is 1. The molecule has 1 heterocycles. The molecule has 14 heavy (non-hydrogen) atoms. The maximum absolute atomic E-state index is 10.4. The highest BCUT2D eigenvalue weighted by Gasteiger charge is 2.21. The Hall–Kier alpha value is -0.570. The van der Waals surface area contributed by atoms with Gasteiger partial charge in [0.1, 0.15) is 0 Å². The van der Waals surface area contributed by atoms with Crippen molar-refractivity contribution in [2.24, 2.45) is 11.8 Å². The second-order valence-corrected chi connectivity index (χ2v) is 4.70. The Kier molecular flexibility index (Phi) is 4.39. The molecule has 1 saturated heterocycles. The summed E-state index contributed by atoms with van der Waals surface area (Å²) in [6.07, 6.45) is 2.41. The van der Waals surface area contributed by atoms with E-state index in [9.17, 15) is 4.79 Å². The van der Waals surface area contributed by atoms with Crippen molar-refractivity contribution >= 4 is 5.97 Å². The molecule has 0 spiro atoms. The average Bonchev–Trinajstić information content (AvgIpc) is 2.01. The van der Waals surface area contributed by atoms with E-state index in [-0.39, 0.29) is 0 Å². The van der Waals surface area contributed by atoms with Crippen molar-refractivity contribution in [1.82, 2.24) is 4.90 Å². The summed E-state index contributed by atoms with van der Waals surface area (Å²) < 4.78 is 0. The highest BCUT2D eigenvalue weighted by atomic mass is 16.4. The average molecular weight is 199 g/mol. The van der Waals surface area contributed by atoms with Crippen LogP contribution in [-0.4, -0.2) is 35.6 Å². The van der Waals surface area contributed by atoms with E-state index in [1.807, 2.05) is 0 Å². The van der Waals surface area contributed by atoms with Crippen molar-refractivity contribution in [2.45, 2.75) is 33.1 Å². The fraction of sp³-hybridized carbons (Fsp3) is 0.909. The quantitative estimate of drug-likeness (QED) is 0.751. The number of carboxylic acid groups (broad SMARTS) is 1. The molecule has 1 aliphatic rings. The van der Waals surface area contributed by atoms with Crippen LogP contribution in [0.25, 0.3) is 0 Å². The first kappa shape index (κ1) is 11.5. The molecule has 3 heteroatoms. The predicted molar refractivity (Wildman–Crippen MR) is 56.3 cm³/mol. The SMILES string of the molecule is C[C@H]1C[C@H](C)CN(CCCC(=O)O)C1. The number of hydrogen-bond donors (Lipinski definition) is 1. The third kappa shape index (κ3) is 4.09. The second-order valence-electron chi connectivity index (χ2n) is 4.70. The van der Waals surface area contributed by atoms with Gasteiger partial charge in [0.2, 0.25) is 0 Å². The first-order chi connectivity index (χ1) is 6.58. The van der Waals surface area contributed by atoms with Crippen LogP contribution in [0, 0.1) is 11.8 Å². The molecule has 0 aromatic rings. The Morgan fingerprint density at radius 3 is 2.43 bits per heavy atom. The van der Waals surface area contributed by atoms with Crippen LogP contribution < -0.4 is 0 Å². The highest BCUT2D eigenvalue weighted by molar-refractivity contribution is 5.66. The largest absolute Gasteiger partial charge is 0.481 e. The van der Waals surface area contributed by atoms with E-state index in [4.69, 9.17) is 5.11 Å². The fourth-order valence-corrected chi connectivity index (χ4v) is 2.43. The number of hydrogen-bond acceptors (Lipinski definition) is 2. The summed E-state index contributed by atoms with van der Waals surface area (Å²) in [6.45, 7) is 7.79. The van der Waals surface area contributed by atoms with Crippen LogP contribution in [0.5, 0.6) is 0 Å². The summed E-state index contributed by atoms with van der Waals surface area (Å²) in [5.74, 6) is 0.857. The van der Waals surface area contributed by atoms with E-state index in [1.54, 1.807) is 0 Å². The zero-order chi connectivity index (χ0) is 10.6. The van der Waals surface area contributed by atoms with Gasteiger partial charge in [-0.1, -0.05) is 13.8 Å². The summed E-state index contributed by atoms with van der Waals surface area (Å²) in [5, 5.41) is 8.53. The Bertz CT molecular complexity index is 184. The lowest BCUT2D eigenvalue weighted by Gasteiger charge is -2.34. The molecule has 0 saturated carbocycles. The van der Waals surface area contributed by atoms with E-state index in [0.29, 0.717) is 6.42 Å². The van der Waals surface area contributed by atoms with Crippen molar-refractivity contribution in [3.05, 3.63) is 0 Å². The van der Waals surface area contributed by atoms with Crippen LogP contribution in [0.15, 0.2) is 0 Å². The van der Waals surface area contributed by atoms with E-state index >= 15 is 0 Å². The molecule has 0 bridgehead atoms. The van der Waals surface area contributed by atoms with Gasteiger partial charge in [-0.2, -0.15) is 0 Å². The van der Waals surface area contributed by atoms with E-state index in [0.717, 1.165) is 37.9 Å². The Morgan fingerprint density at radius 2 is 1.93 bits per heavy atom. The lowest BCUT2D eigenvalue weighted by atomic mass is 9.92. The summed E-state index contributed by atoms with van der Waals surface area (Å²) in [4.78, 5) is 12.8. The number of piperidine rings is 1. The minimum atomic E-state index is -0.678. The Morgan fingerprint density at radius 1 is 1.36 bits per heavy atom. The van der Waals surface area contributed by atoms with Gasteiger partial charge in [0.15, 0.2) is 0 Å². The fourth-order valence-electron chi connectivity index (χ4n) is 2.43. The van der Waals surface area contributed by atoms with Gasteiger partial charge < -0.3 is 10.0 Å². The van der Waals surface area contributed by atoms with Crippen molar-refractivity contribution in [1.29, 1.82) is 0 Å². The number of likely N-dealkylation sites (tertiary alicyclic amines) is 1. The summed E-state index contributed by atoms with van der Waals surface area (Å²) >= 11 is 0. The molecule has 3 nitrogen and oxygen atoms in total. The molecule has 1 aliphatic heterocycles. The molecule has 0 unspecified atom stereocenters. The summed E-state index contributed by atoms with van der Waals surface area (Å²) in [5.41, 5.74) is 0. The first-order valence-corrected chi connectivity index (χ1v) is 5.52. The van der Waals surface area contributed by atoms with Crippen molar-refractivity contribution in [3.63, 3.8) is 0 Å². The number of rotatable bonds is 4. The van der Waals surface area contributed by atoms with Crippen LogP contribution in [0.1, 0.15) is 33.1 Å². The van der Waals surface area contributed by atoms with Crippen molar-refractivity contribution in [2.75, 3.05) is 19.6 Å². The van der Waals surface area contributed by atoms with Gasteiger partial charge in [-0.25, -0.2) is 0 Å². The normalized spacial score (nSPS) is 29.0. The standard InChI is InChI=1S/C11H21NO2/c1-9-6-10(2)8-12(7-9)5-3-4-11(13)14/h9-10H,3-8H2,1-2H3,(H,13,14)/t9-,10-/m0/s1. The van der Waals surface area contributed by atoms with Crippen LogP contribution in [0.4, 0.5) is 0 Å². The zero-order valence-corrected chi connectivity index (χ0v) is 9.20. The topological polar surface area (TPSA) is 40.5 Å². The molecule has 0 aliphatic carbocycles. The van der Waals surface area contributed by atoms with E-state index < -0.39 is 5.97 Å². The van der Waals surface area contributed by atoms with Gasteiger partial charge in [0.25, 0.3) is 0 Å². The third-order valence-corrected chi connectivity index (χ3v) is 2.81. The van der Waals surface area contributed by atoms with Crippen molar-refractivity contribution in [3.8, 4) is 0 Å². The molecule has 1 rings (SSSR count). The first-order valence-electron chi connectivity index (χ1n) is 5.52. The molecule has 0 aromatic heterocycles. The monoisotopic (exact) mass is 199 g/mol. The van der Waals surface area contributed by atoms with Crippen LogP contribution in [-0.2, 0) is 4.79 Å². The lowest BCUT2D eigenvalue weighted by molar-refractivity contribution is -0.137. The smallest absolute Gasteiger partial charge is 0.303 e. The van der Waals surface area contributed by atoms with Gasteiger partial charge >= 0.3 is 5.97 Å². The molecule has 1 N–H and O–H groups in total. The van der Waals surface area contributed by atoms with E-state index in [2.05, 4.69) is 18.7 Å². The maximum atomic E-state index is 10.4. The minimum Gasteiger partial charge on any atom is -0.481 e. The van der Waals surface area contributed by atoms with Gasteiger partial charge in [0.05, 0.1) is 0 Å². The van der Waals surface area contributed by atoms with Crippen molar-refractivity contribution < 1.29 is 9.90 Å². The van der Waals surface area contributed by atoms with Gasteiger partial charge in [-0.05, 0) is 31.2 Å². The zero-order valence-electron chi connectivity index (χ0n) is 9.20. The third-order valence-electron chi connectivity index (χ3n) is 2.81. The van der Waals surface area contributed by atoms with Gasteiger partial charge in [0, 0.05) is 19.5 Å². The number of nitrogens with zero attached hydrogens (tertiary/aromatic N) is 1. The van der Waals surface area contributed by atoms with Gasteiger partial charge in [-0.3, -0.25) is 4.79 Å². The van der Waals surface area contributed by atoms with Crippen LogP contribution in [0.2, 0.25) is 0 Å². The van der Waals surface area contributed by atoms with Crippen LogP contribution >= 0.6 is 0 Å². The molecule has 82 valence electrons. The molecule has 0 radical (unpaired) electrons. The molecule has 2 atom stereocenters. The van der Waals surface area contributed by atoms with Gasteiger partial charge in [-0.15, -0.1) is 0 Å². The Labute approximate surface area is 86.1 Å². The number of aliphatic carboxylic acids is 1. The molecule has 0 aromatic carbocycles. The Balaban J connectivity index is 2.20.